The third-order valence-corrected chi connectivity index (χ3v) is 3.34. The molecule has 0 aromatic heterocycles. The highest BCUT2D eigenvalue weighted by atomic mass is 79.9. The van der Waals surface area contributed by atoms with E-state index < -0.39 is 4.83 Å². The second-order valence-electron chi connectivity index (χ2n) is 3.38. The van der Waals surface area contributed by atoms with Gasteiger partial charge in [0.25, 0.3) is 0 Å². The van der Waals surface area contributed by atoms with Crippen LogP contribution in [0.3, 0.4) is 0 Å². The molecule has 0 saturated heterocycles. The smallest absolute Gasteiger partial charge is 0.150 e. The van der Waals surface area contributed by atoms with Gasteiger partial charge in [-0.3, -0.25) is 9.59 Å². The first-order valence-electron chi connectivity index (χ1n) is 4.69. The molecule has 0 spiro atoms. The van der Waals surface area contributed by atoms with Gasteiger partial charge in [-0.1, -0.05) is 28.1 Å². The number of rotatable bonds is 4. The van der Waals surface area contributed by atoms with Crippen LogP contribution < -0.4 is 0 Å². The predicted molar refractivity (Wildman–Crippen MR) is 63.5 cm³/mol. The summed E-state index contributed by atoms with van der Waals surface area (Å²) in [6, 6.07) is 7.02. The number of hydrogen-bond acceptors (Lipinski definition) is 3. The Morgan fingerprint density at radius 2 is 2.31 bits per heavy atom. The molecule has 16 heavy (non-hydrogen) atoms. The summed E-state index contributed by atoms with van der Waals surface area (Å²) in [6.07, 6.45) is 0.948. The molecule has 0 amide bonds. The second kappa shape index (κ2) is 5.57. The van der Waals surface area contributed by atoms with E-state index in [0.29, 0.717) is 11.1 Å². The lowest BCUT2D eigenvalue weighted by Gasteiger charge is -2.11. The number of aldehydes is 1. The zero-order valence-corrected chi connectivity index (χ0v) is 10.3. The molecule has 3 nitrogen and oxygen atoms in total. The van der Waals surface area contributed by atoms with Crippen LogP contribution in [-0.4, -0.2) is 12.1 Å². The van der Waals surface area contributed by atoms with Crippen molar-refractivity contribution >= 4 is 28.0 Å². The highest BCUT2D eigenvalue weighted by Gasteiger charge is 2.16. The number of carbonyl (C=O) groups is 2. The summed E-state index contributed by atoms with van der Waals surface area (Å²) in [6.45, 7) is 1.46. The summed E-state index contributed by atoms with van der Waals surface area (Å²) in [5.74, 6) is -0.0535. The van der Waals surface area contributed by atoms with Crippen molar-refractivity contribution in [2.45, 2.75) is 18.2 Å². The standard InChI is InChI=1S/C12H10BrNO2/c1-8(16)12(13)11-6-9(7-15)2-3-10(11)4-5-14/h2-3,6-7,12H,4H2,1H3. The van der Waals surface area contributed by atoms with Crippen molar-refractivity contribution in [2.24, 2.45) is 0 Å². The van der Waals surface area contributed by atoms with Crippen LogP contribution in [0.15, 0.2) is 18.2 Å². The highest BCUT2D eigenvalue weighted by molar-refractivity contribution is 9.09. The van der Waals surface area contributed by atoms with Gasteiger partial charge >= 0.3 is 0 Å². The number of carbonyl (C=O) groups excluding carboxylic acids is 2. The summed E-state index contributed by atoms with van der Waals surface area (Å²) in [4.78, 5) is 21.5. The van der Waals surface area contributed by atoms with E-state index in [1.165, 1.54) is 6.92 Å². The second-order valence-corrected chi connectivity index (χ2v) is 4.30. The fourth-order valence-corrected chi connectivity index (χ4v) is 1.81. The van der Waals surface area contributed by atoms with Gasteiger partial charge in [0.2, 0.25) is 0 Å². The van der Waals surface area contributed by atoms with E-state index in [1.54, 1.807) is 18.2 Å². The molecule has 0 aliphatic rings. The van der Waals surface area contributed by atoms with Gasteiger partial charge in [0.15, 0.2) is 0 Å². The quantitative estimate of drug-likeness (QED) is 0.629. The molecule has 0 fully saturated rings. The highest BCUT2D eigenvalue weighted by Crippen LogP contribution is 2.28. The summed E-state index contributed by atoms with van der Waals surface area (Å²) >= 11 is 3.26. The third-order valence-electron chi connectivity index (χ3n) is 2.21. The van der Waals surface area contributed by atoms with Crippen molar-refractivity contribution < 1.29 is 9.59 Å². The first-order chi connectivity index (χ1) is 7.60. The first-order valence-corrected chi connectivity index (χ1v) is 5.61. The first kappa shape index (κ1) is 12.6. The summed E-state index contributed by atoms with van der Waals surface area (Å²) in [5.41, 5.74) is 1.96. The molecule has 0 aliphatic carbocycles. The minimum absolute atomic E-state index is 0.0535. The van der Waals surface area contributed by atoms with Gasteiger partial charge in [0, 0.05) is 5.56 Å². The molecular formula is C12H10BrNO2. The molecule has 0 bridgehead atoms. The van der Waals surface area contributed by atoms with Crippen LogP contribution in [0.4, 0.5) is 0 Å². The SMILES string of the molecule is CC(=O)C(Br)c1cc(C=O)ccc1CC#N. The Hall–Kier alpha value is -1.47. The molecule has 0 radical (unpaired) electrons. The van der Waals surface area contributed by atoms with Crippen LogP contribution in [0.25, 0.3) is 0 Å². The normalized spacial score (nSPS) is 11.6. The molecular weight excluding hydrogens is 270 g/mol. The minimum Gasteiger partial charge on any atom is -0.298 e. The zero-order valence-electron chi connectivity index (χ0n) is 8.74. The van der Waals surface area contributed by atoms with Crippen molar-refractivity contribution in [3.05, 3.63) is 34.9 Å². The average Bonchev–Trinajstić information content (AvgIpc) is 2.29. The summed E-state index contributed by atoms with van der Waals surface area (Å²) < 4.78 is 0. The lowest BCUT2D eigenvalue weighted by Crippen LogP contribution is -2.05. The Balaban J connectivity index is 3.25. The van der Waals surface area contributed by atoms with Crippen LogP contribution in [0.1, 0.15) is 33.2 Å². The van der Waals surface area contributed by atoms with Gasteiger partial charge in [-0.15, -0.1) is 0 Å². The Morgan fingerprint density at radius 3 is 2.81 bits per heavy atom. The molecule has 1 unspecified atom stereocenters. The maximum absolute atomic E-state index is 11.3. The Bertz CT molecular complexity index is 463. The number of alkyl halides is 1. The Morgan fingerprint density at radius 1 is 1.62 bits per heavy atom. The minimum atomic E-state index is -0.462. The number of halogens is 1. The molecule has 82 valence electrons. The van der Waals surface area contributed by atoms with Crippen LogP contribution in [-0.2, 0) is 11.2 Å². The predicted octanol–water partition coefficient (Wildman–Crippen LogP) is 2.59. The van der Waals surface area contributed by atoms with E-state index in [4.69, 9.17) is 5.26 Å². The number of Topliss-reactive ketones (excluding diaryl/α,β-unsaturated/α-hetero) is 1. The number of nitrogens with zero attached hydrogens (tertiary/aromatic N) is 1. The average molecular weight is 280 g/mol. The van der Waals surface area contributed by atoms with Crippen molar-refractivity contribution in [2.75, 3.05) is 0 Å². The van der Waals surface area contributed by atoms with Gasteiger partial charge in [-0.2, -0.15) is 5.26 Å². The van der Waals surface area contributed by atoms with Crippen LogP contribution in [0.5, 0.6) is 0 Å². The van der Waals surface area contributed by atoms with Gasteiger partial charge in [0.05, 0.1) is 17.3 Å². The number of benzene rings is 1. The van der Waals surface area contributed by atoms with E-state index in [0.717, 1.165) is 11.8 Å². The number of nitriles is 1. The van der Waals surface area contributed by atoms with Gasteiger partial charge in [0.1, 0.15) is 12.1 Å². The molecule has 1 rings (SSSR count). The molecule has 0 N–H and O–H groups in total. The molecule has 0 aliphatic heterocycles. The monoisotopic (exact) mass is 279 g/mol. The van der Waals surface area contributed by atoms with Crippen LogP contribution in [0.2, 0.25) is 0 Å². The van der Waals surface area contributed by atoms with E-state index in [-0.39, 0.29) is 12.2 Å². The van der Waals surface area contributed by atoms with Crippen molar-refractivity contribution in [1.29, 1.82) is 5.26 Å². The van der Waals surface area contributed by atoms with Crippen LogP contribution >= 0.6 is 15.9 Å². The zero-order chi connectivity index (χ0) is 12.1. The lowest BCUT2D eigenvalue weighted by molar-refractivity contribution is -0.116. The number of hydrogen-bond donors (Lipinski definition) is 0. The van der Waals surface area contributed by atoms with Gasteiger partial charge in [-0.05, 0) is 24.1 Å². The van der Waals surface area contributed by atoms with E-state index in [9.17, 15) is 9.59 Å². The Labute approximate surface area is 102 Å². The van der Waals surface area contributed by atoms with E-state index >= 15 is 0 Å². The topological polar surface area (TPSA) is 57.9 Å². The van der Waals surface area contributed by atoms with Gasteiger partial charge in [-0.25, -0.2) is 0 Å². The molecule has 1 aromatic rings. The van der Waals surface area contributed by atoms with E-state index in [1.807, 2.05) is 6.07 Å². The van der Waals surface area contributed by atoms with Crippen molar-refractivity contribution in [3.63, 3.8) is 0 Å². The number of ketones is 1. The third kappa shape index (κ3) is 2.77. The van der Waals surface area contributed by atoms with Crippen LogP contribution in [0, 0.1) is 11.3 Å². The van der Waals surface area contributed by atoms with Crippen molar-refractivity contribution in [1.82, 2.24) is 0 Å². The molecule has 1 atom stereocenters. The largest absolute Gasteiger partial charge is 0.298 e. The molecule has 0 saturated carbocycles. The van der Waals surface area contributed by atoms with Gasteiger partial charge < -0.3 is 0 Å². The fraction of sp³-hybridized carbons (Fsp3) is 0.250. The molecule has 4 heteroatoms. The van der Waals surface area contributed by atoms with Crippen molar-refractivity contribution in [3.8, 4) is 6.07 Å². The summed E-state index contributed by atoms with van der Waals surface area (Å²) in [7, 11) is 0. The molecule has 0 heterocycles. The van der Waals surface area contributed by atoms with E-state index in [2.05, 4.69) is 15.9 Å². The Kier molecular flexibility index (Phi) is 4.39. The lowest BCUT2D eigenvalue weighted by atomic mass is 9.98. The maximum Gasteiger partial charge on any atom is 0.150 e. The summed E-state index contributed by atoms with van der Waals surface area (Å²) in [5, 5.41) is 8.67. The maximum atomic E-state index is 11.3. The fourth-order valence-electron chi connectivity index (χ4n) is 1.39. The molecule has 1 aromatic carbocycles.